The predicted molar refractivity (Wildman–Crippen MR) is 159 cm³/mol. The summed E-state index contributed by atoms with van der Waals surface area (Å²) < 4.78 is 1.95. The van der Waals surface area contributed by atoms with E-state index in [4.69, 9.17) is 10.1 Å². The van der Waals surface area contributed by atoms with E-state index < -0.39 is 0 Å². The maximum absolute atomic E-state index is 9.79. The highest BCUT2D eigenvalue weighted by Crippen LogP contribution is 2.34. The fourth-order valence-corrected chi connectivity index (χ4v) is 4.97. The van der Waals surface area contributed by atoms with Crippen molar-refractivity contribution in [3.63, 3.8) is 0 Å². The number of fused-ring (bicyclic) bond motifs is 2. The highest BCUT2D eigenvalue weighted by atomic mass is 16.3. The summed E-state index contributed by atoms with van der Waals surface area (Å²) in [6, 6.07) is 44.2. The molecule has 2 heterocycles. The molecule has 0 fully saturated rings. The molecule has 0 unspecified atom stereocenters. The standard InChI is InChI=1S/C34H24N4O/c39-27-20-16-24(17-21-27)33-22-32(37-38(33)26-8-2-1-3-9-26)23-14-18-25(19-15-23)35-34-28-10-4-6-12-30(28)36-31-13-7-5-11-29(31)34/h1-22,39H,(H,35,36). The molecule has 5 heteroatoms. The Morgan fingerprint density at radius 1 is 0.590 bits per heavy atom. The van der Waals surface area contributed by atoms with E-state index in [1.165, 1.54) is 0 Å². The molecular weight excluding hydrogens is 480 g/mol. The first kappa shape index (κ1) is 22.8. The summed E-state index contributed by atoms with van der Waals surface area (Å²) in [6.07, 6.45) is 0. The van der Waals surface area contributed by atoms with Crippen LogP contribution in [0.25, 0.3) is 50.0 Å². The summed E-state index contributed by atoms with van der Waals surface area (Å²) in [5, 5.41) is 20.6. The number of hydrogen-bond acceptors (Lipinski definition) is 4. The van der Waals surface area contributed by atoms with Gasteiger partial charge in [0.1, 0.15) is 5.75 Å². The van der Waals surface area contributed by atoms with Crippen LogP contribution in [0.4, 0.5) is 11.4 Å². The van der Waals surface area contributed by atoms with Crippen molar-refractivity contribution in [2.75, 3.05) is 5.32 Å². The van der Waals surface area contributed by atoms with Crippen LogP contribution in [0.5, 0.6) is 5.75 Å². The van der Waals surface area contributed by atoms with Crippen LogP contribution in [-0.4, -0.2) is 19.9 Å². The maximum atomic E-state index is 9.79. The molecule has 0 aliphatic rings. The minimum Gasteiger partial charge on any atom is -0.508 e. The number of nitrogens with zero attached hydrogens (tertiary/aromatic N) is 3. The molecule has 0 saturated carbocycles. The van der Waals surface area contributed by atoms with Gasteiger partial charge in [-0.05, 0) is 66.7 Å². The predicted octanol–water partition coefficient (Wildman–Crippen LogP) is 8.36. The number of benzene rings is 5. The van der Waals surface area contributed by atoms with Crippen molar-refractivity contribution in [3.05, 3.63) is 133 Å². The molecule has 5 aromatic carbocycles. The first-order chi connectivity index (χ1) is 19.2. The lowest BCUT2D eigenvalue weighted by Crippen LogP contribution is -1.98. The zero-order valence-corrected chi connectivity index (χ0v) is 21.0. The Balaban J connectivity index is 1.27. The molecule has 0 spiro atoms. The number of nitrogens with one attached hydrogen (secondary N) is 1. The molecule has 7 aromatic rings. The summed E-state index contributed by atoms with van der Waals surface area (Å²) in [5.41, 5.74) is 8.74. The molecule has 0 amide bonds. The van der Waals surface area contributed by atoms with Crippen molar-refractivity contribution in [2.45, 2.75) is 0 Å². The van der Waals surface area contributed by atoms with E-state index in [2.05, 4.69) is 47.8 Å². The first-order valence-corrected chi connectivity index (χ1v) is 12.8. The molecular formula is C34H24N4O. The lowest BCUT2D eigenvalue weighted by molar-refractivity contribution is 0.475. The van der Waals surface area contributed by atoms with Crippen molar-refractivity contribution < 1.29 is 5.11 Å². The van der Waals surface area contributed by atoms with Crippen LogP contribution in [0.3, 0.4) is 0 Å². The zero-order chi connectivity index (χ0) is 26.2. The Morgan fingerprint density at radius 2 is 1.18 bits per heavy atom. The number of aromatic hydroxyl groups is 1. The third-order valence-corrected chi connectivity index (χ3v) is 6.91. The van der Waals surface area contributed by atoms with Crippen LogP contribution in [-0.2, 0) is 0 Å². The molecule has 0 radical (unpaired) electrons. The SMILES string of the molecule is Oc1ccc(-c2cc(-c3ccc(Nc4c5ccccc5nc5ccccc45)cc3)nn2-c2ccccc2)cc1. The fourth-order valence-electron chi connectivity index (χ4n) is 4.97. The average Bonchev–Trinajstić information content (AvgIpc) is 3.44. The van der Waals surface area contributed by atoms with Crippen LogP contribution >= 0.6 is 0 Å². The Bertz CT molecular complexity index is 1870. The first-order valence-electron chi connectivity index (χ1n) is 12.8. The monoisotopic (exact) mass is 504 g/mol. The van der Waals surface area contributed by atoms with Gasteiger partial charge in [0.05, 0.1) is 33.8 Å². The Morgan fingerprint density at radius 3 is 1.85 bits per heavy atom. The maximum Gasteiger partial charge on any atom is 0.115 e. The lowest BCUT2D eigenvalue weighted by atomic mass is 10.1. The topological polar surface area (TPSA) is 63.0 Å². The van der Waals surface area contributed by atoms with Gasteiger partial charge in [-0.1, -0.05) is 66.7 Å². The number of pyridine rings is 1. The van der Waals surface area contributed by atoms with Crippen LogP contribution < -0.4 is 5.32 Å². The molecule has 186 valence electrons. The second-order valence-electron chi connectivity index (χ2n) is 9.43. The van der Waals surface area contributed by atoms with Gasteiger partial charge in [0, 0.05) is 27.6 Å². The highest BCUT2D eigenvalue weighted by molar-refractivity contribution is 6.08. The number of hydrogen-bond donors (Lipinski definition) is 2. The zero-order valence-electron chi connectivity index (χ0n) is 21.0. The van der Waals surface area contributed by atoms with E-state index in [9.17, 15) is 5.11 Å². The molecule has 39 heavy (non-hydrogen) atoms. The molecule has 0 aliphatic carbocycles. The van der Waals surface area contributed by atoms with E-state index in [1.54, 1.807) is 12.1 Å². The Kier molecular flexibility index (Phi) is 5.52. The molecule has 0 atom stereocenters. The minimum absolute atomic E-state index is 0.239. The van der Waals surface area contributed by atoms with Gasteiger partial charge in [-0.3, -0.25) is 0 Å². The smallest absolute Gasteiger partial charge is 0.115 e. The van der Waals surface area contributed by atoms with Crippen LogP contribution in [0, 0.1) is 0 Å². The Hall–Kier alpha value is -5.42. The summed E-state index contributed by atoms with van der Waals surface area (Å²) in [5.74, 6) is 0.239. The molecule has 2 N–H and O–H groups in total. The van der Waals surface area contributed by atoms with Gasteiger partial charge >= 0.3 is 0 Å². The molecule has 5 nitrogen and oxygen atoms in total. The molecule has 0 aliphatic heterocycles. The second-order valence-corrected chi connectivity index (χ2v) is 9.43. The van der Waals surface area contributed by atoms with Crippen LogP contribution in [0.15, 0.2) is 133 Å². The van der Waals surface area contributed by atoms with Gasteiger partial charge in [0.15, 0.2) is 0 Å². The van der Waals surface area contributed by atoms with Crippen molar-refractivity contribution in [1.82, 2.24) is 14.8 Å². The highest BCUT2D eigenvalue weighted by Gasteiger charge is 2.14. The van der Waals surface area contributed by atoms with Crippen LogP contribution in [0.1, 0.15) is 0 Å². The van der Waals surface area contributed by atoms with Gasteiger partial charge in [0.2, 0.25) is 0 Å². The van der Waals surface area contributed by atoms with Gasteiger partial charge in [-0.25, -0.2) is 9.67 Å². The molecule has 2 aromatic heterocycles. The summed E-state index contributed by atoms with van der Waals surface area (Å²) in [6.45, 7) is 0. The number of phenols is 1. The largest absolute Gasteiger partial charge is 0.508 e. The summed E-state index contributed by atoms with van der Waals surface area (Å²) in [7, 11) is 0. The third kappa shape index (κ3) is 4.26. The van der Waals surface area contributed by atoms with Crippen molar-refractivity contribution >= 4 is 33.2 Å². The number of phenolic OH excluding ortho intramolecular Hbond substituents is 1. The third-order valence-electron chi connectivity index (χ3n) is 6.91. The van der Waals surface area contributed by atoms with Gasteiger partial charge < -0.3 is 10.4 Å². The number of para-hydroxylation sites is 3. The van der Waals surface area contributed by atoms with Crippen molar-refractivity contribution in [1.29, 1.82) is 0 Å². The molecule has 7 rings (SSSR count). The van der Waals surface area contributed by atoms with E-state index >= 15 is 0 Å². The van der Waals surface area contributed by atoms with E-state index in [-0.39, 0.29) is 5.75 Å². The Labute approximate surface area is 225 Å². The van der Waals surface area contributed by atoms with Gasteiger partial charge in [-0.15, -0.1) is 0 Å². The lowest BCUT2D eigenvalue weighted by Gasteiger charge is -2.13. The normalized spacial score (nSPS) is 11.2. The van der Waals surface area contributed by atoms with E-state index in [0.29, 0.717) is 0 Å². The molecule has 0 saturated heterocycles. The summed E-state index contributed by atoms with van der Waals surface area (Å²) >= 11 is 0. The van der Waals surface area contributed by atoms with E-state index in [1.807, 2.05) is 83.5 Å². The average molecular weight is 505 g/mol. The van der Waals surface area contributed by atoms with Gasteiger partial charge in [-0.2, -0.15) is 5.10 Å². The van der Waals surface area contributed by atoms with Crippen LogP contribution in [0.2, 0.25) is 0 Å². The number of anilines is 2. The quantitative estimate of drug-likeness (QED) is 0.231. The van der Waals surface area contributed by atoms with Gasteiger partial charge in [0.25, 0.3) is 0 Å². The van der Waals surface area contributed by atoms with Crippen molar-refractivity contribution in [3.8, 4) is 34.0 Å². The van der Waals surface area contributed by atoms with E-state index in [0.717, 1.165) is 61.4 Å². The number of rotatable bonds is 5. The molecule has 0 bridgehead atoms. The van der Waals surface area contributed by atoms with Crippen molar-refractivity contribution in [2.24, 2.45) is 0 Å². The second kappa shape index (κ2) is 9.47. The minimum atomic E-state index is 0.239. The fraction of sp³-hybridized carbons (Fsp3) is 0. The number of aromatic nitrogens is 3. The summed E-state index contributed by atoms with van der Waals surface area (Å²) in [4.78, 5) is 4.83.